The molecule has 2 N–H and O–H groups in total. The maximum Gasteiger partial charge on any atom is 0.288 e. The SMILES string of the molecule is Cc1cc([N+](=O)[O-])c(Cl)cc1NCCNC1CC1. The number of nitrogens with zero attached hydrogens (tertiary/aromatic N) is 1. The molecular weight excluding hydrogens is 254 g/mol. The van der Waals surface area contributed by atoms with Crippen molar-refractivity contribution in [2.75, 3.05) is 18.4 Å². The molecule has 2 rings (SSSR count). The van der Waals surface area contributed by atoms with E-state index in [1.165, 1.54) is 18.9 Å². The molecule has 0 unspecified atom stereocenters. The third kappa shape index (κ3) is 3.34. The highest BCUT2D eigenvalue weighted by atomic mass is 35.5. The van der Waals surface area contributed by atoms with Crippen molar-refractivity contribution in [3.63, 3.8) is 0 Å². The highest BCUT2D eigenvalue weighted by Crippen LogP contribution is 2.30. The second-order valence-electron chi connectivity index (χ2n) is 4.53. The van der Waals surface area contributed by atoms with Crippen molar-refractivity contribution in [3.8, 4) is 0 Å². The quantitative estimate of drug-likeness (QED) is 0.473. The number of anilines is 1. The molecule has 1 aromatic rings. The van der Waals surface area contributed by atoms with Crippen molar-refractivity contribution >= 4 is 23.0 Å². The molecule has 0 atom stereocenters. The molecule has 1 aliphatic carbocycles. The Labute approximate surface area is 111 Å². The highest BCUT2D eigenvalue weighted by Gasteiger charge is 2.19. The van der Waals surface area contributed by atoms with Gasteiger partial charge in [-0.3, -0.25) is 10.1 Å². The van der Waals surface area contributed by atoms with E-state index in [2.05, 4.69) is 10.6 Å². The fraction of sp³-hybridized carbons (Fsp3) is 0.500. The van der Waals surface area contributed by atoms with Crippen LogP contribution in [0.2, 0.25) is 5.02 Å². The van der Waals surface area contributed by atoms with E-state index in [1.807, 2.05) is 6.92 Å². The van der Waals surface area contributed by atoms with Gasteiger partial charge in [0.05, 0.1) is 4.92 Å². The lowest BCUT2D eigenvalue weighted by atomic mass is 10.2. The van der Waals surface area contributed by atoms with Crippen LogP contribution in [0.4, 0.5) is 11.4 Å². The van der Waals surface area contributed by atoms with Crippen LogP contribution in [0.3, 0.4) is 0 Å². The second kappa shape index (κ2) is 5.54. The molecule has 98 valence electrons. The van der Waals surface area contributed by atoms with Crippen LogP contribution in [0, 0.1) is 17.0 Å². The van der Waals surface area contributed by atoms with E-state index in [9.17, 15) is 10.1 Å². The Morgan fingerprint density at radius 3 is 2.78 bits per heavy atom. The summed E-state index contributed by atoms with van der Waals surface area (Å²) in [5, 5.41) is 17.5. The third-order valence-electron chi connectivity index (χ3n) is 2.94. The Balaban J connectivity index is 1.94. The number of aryl methyl sites for hydroxylation is 1. The molecule has 0 spiro atoms. The average Bonchev–Trinajstić information content (AvgIpc) is 3.12. The van der Waals surface area contributed by atoms with Crippen LogP contribution in [0.5, 0.6) is 0 Å². The van der Waals surface area contributed by atoms with Crippen molar-refractivity contribution in [1.29, 1.82) is 0 Å². The summed E-state index contributed by atoms with van der Waals surface area (Å²) >= 11 is 5.87. The van der Waals surface area contributed by atoms with Gasteiger partial charge < -0.3 is 10.6 Å². The van der Waals surface area contributed by atoms with Crippen LogP contribution in [0.25, 0.3) is 0 Å². The summed E-state index contributed by atoms with van der Waals surface area (Å²) in [7, 11) is 0. The lowest BCUT2D eigenvalue weighted by molar-refractivity contribution is -0.384. The Morgan fingerprint density at radius 1 is 1.44 bits per heavy atom. The van der Waals surface area contributed by atoms with Crippen LogP contribution in [-0.4, -0.2) is 24.1 Å². The van der Waals surface area contributed by atoms with Crippen LogP contribution in [-0.2, 0) is 0 Å². The fourth-order valence-corrected chi connectivity index (χ4v) is 1.99. The first-order chi connectivity index (χ1) is 8.58. The molecule has 0 heterocycles. The summed E-state index contributed by atoms with van der Waals surface area (Å²) in [5.41, 5.74) is 1.64. The van der Waals surface area contributed by atoms with Gasteiger partial charge in [0.1, 0.15) is 5.02 Å². The first-order valence-electron chi connectivity index (χ1n) is 5.99. The fourth-order valence-electron chi connectivity index (χ4n) is 1.76. The van der Waals surface area contributed by atoms with Crippen LogP contribution >= 0.6 is 11.6 Å². The molecule has 0 bridgehead atoms. The van der Waals surface area contributed by atoms with E-state index in [0.29, 0.717) is 6.04 Å². The number of benzene rings is 1. The molecule has 6 heteroatoms. The molecule has 0 aromatic heterocycles. The van der Waals surface area contributed by atoms with Crippen molar-refractivity contribution in [3.05, 3.63) is 32.8 Å². The summed E-state index contributed by atoms with van der Waals surface area (Å²) < 4.78 is 0. The van der Waals surface area contributed by atoms with E-state index in [0.717, 1.165) is 24.3 Å². The maximum atomic E-state index is 10.7. The number of nitrogens with one attached hydrogen (secondary N) is 2. The summed E-state index contributed by atoms with van der Waals surface area (Å²) in [4.78, 5) is 10.3. The zero-order valence-corrected chi connectivity index (χ0v) is 11.0. The van der Waals surface area contributed by atoms with Gasteiger partial charge in [-0.15, -0.1) is 0 Å². The molecular formula is C12H16ClN3O2. The minimum Gasteiger partial charge on any atom is -0.384 e. The zero-order chi connectivity index (χ0) is 13.1. The minimum absolute atomic E-state index is 0.0455. The smallest absolute Gasteiger partial charge is 0.288 e. The predicted octanol–water partition coefficient (Wildman–Crippen LogP) is 2.72. The zero-order valence-electron chi connectivity index (χ0n) is 10.2. The number of hydrogen-bond acceptors (Lipinski definition) is 4. The first-order valence-corrected chi connectivity index (χ1v) is 6.37. The number of hydrogen-bond donors (Lipinski definition) is 2. The van der Waals surface area contributed by atoms with Gasteiger partial charge >= 0.3 is 0 Å². The lowest BCUT2D eigenvalue weighted by Gasteiger charge is -2.10. The molecule has 1 aliphatic rings. The molecule has 0 radical (unpaired) electrons. The molecule has 1 fully saturated rings. The predicted molar refractivity (Wildman–Crippen MR) is 72.4 cm³/mol. The van der Waals surface area contributed by atoms with E-state index in [1.54, 1.807) is 6.07 Å². The average molecular weight is 270 g/mol. The minimum atomic E-state index is -0.465. The Morgan fingerprint density at radius 2 is 2.17 bits per heavy atom. The van der Waals surface area contributed by atoms with Gasteiger partial charge in [0.25, 0.3) is 5.69 Å². The monoisotopic (exact) mass is 269 g/mol. The molecule has 5 nitrogen and oxygen atoms in total. The van der Waals surface area contributed by atoms with Crippen molar-refractivity contribution < 1.29 is 4.92 Å². The largest absolute Gasteiger partial charge is 0.384 e. The summed E-state index contributed by atoms with van der Waals surface area (Å²) in [6.07, 6.45) is 2.53. The van der Waals surface area contributed by atoms with Gasteiger partial charge in [-0.1, -0.05) is 11.6 Å². The molecule has 0 aliphatic heterocycles. The van der Waals surface area contributed by atoms with Gasteiger partial charge in [0, 0.05) is 30.9 Å². The Hall–Kier alpha value is -1.33. The normalized spacial score (nSPS) is 14.6. The van der Waals surface area contributed by atoms with Crippen molar-refractivity contribution in [2.24, 2.45) is 0 Å². The van der Waals surface area contributed by atoms with Gasteiger partial charge in [0.15, 0.2) is 0 Å². The van der Waals surface area contributed by atoms with Crippen LogP contribution < -0.4 is 10.6 Å². The van der Waals surface area contributed by atoms with E-state index >= 15 is 0 Å². The Kier molecular flexibility index (Phi) is 4.04. The van der Waals surface area contributed by atoms with Crippen molar-refractivity contribution in [1.82, 2.24) is 5.32 Å². The molecule has 18 heavy (non-hydrogen) atoms. The second-order valence-corrected chi connectivity index (χ2v) is 4.94. The molecule has 0 saturated heterocycles. The van der Waals surface area contributed by atoms with Gasteiger partial charge in [-0.25, -0.2) is 0 Å². The number of nitro groups is 1. The first kappa shape index (κ1) is 13.1. The topological polar surface area (TPSA) is 67.2 Å². The lowest BCUT2D eigenvalue weighted by Crippen LogP contribution is -2.24. The Bertz CT molecular complexity index is 461. The maximum absolute atomic E-state index is 10.7. The molecule has 1 aromatic carbocycles. The number of halogens is 1. The van der Waals surface area contributed by atoms with Gasteiger partial charge in [0.2, 0.25) is 0 Å². The van der Waals surface area contributed by atoms with Gasteiger partial charge in [-0.05, 0) is 31.4 Å². The van der Waals surface area contributed by atoms with E-state index in [-0.39, 0.29) is 10.7 Å². The molecule has 0 amide bonds. The number of rotatable bonds is 6. The van der Waals surface area contributed by atoms with Crippen molar-refractivity contribution in [2.45, 2.75) is 25.8 Å². The highest BCUT2D eigenvalue weighted by molar-refractivity contribution is 6.33. The summed E-state index contributed by atoms with van der Waals surface area (Å²) in [6, 6.07) is 3.80. The standard InChI is InChI=1S/C12H16ClN3O2/c1-8-6-12(16(17)18)10(13)7-11(8)15-5-4-14-9-2-3-9/h6-7,9,14-15H,2-5H2,1H3. The third-order valence-corrected chi connectivity index (χ3v) is 3.24. The van der Waals surface area contributed by atoms with Crippen LogP contribution in [0.15, 0.2) is 12.1 Å². The molecule has 1 saturated carbocycles. The number of nitro benzene ring substituents is 1. The summed E-state index contributed by atoms with van der Waals surface area (Å²) in [5.74, 6) is 0. The van der Waals surface area contributed by atoms with E-state index < -0.39 is 4.92 Å². The summed E-state index contributed by atoms with van der Waals surface area (Å²) in [6.45, 7) is 3.50. The van der Waals surface area contributed by atoms with E-state index in [4.69, 9.17) is 11.6 Å². The van der Waals surface area contributed by atoms with Gasteiger partial charge in [-0.2, -0.15) is 0 Å². The van der Waals surface area contributed by atoms with Crippen LogP contribution in [0.1, 0.15) is 18.4 Å².